The average molecular weight is 299 g/mol. The van der Waals surface area contributed by atoms with Crippen LogP contribution in [0.15, 0.2) is 18.2 Å². The van der Waals surface area contributed by atoms with Crippen molar-refractivity contribution in [1.29, 1.82) is 0 Å². The van der Waals surface area contributed by atoms with Gasteiger partial charge in [0.1, 0.15) is 5.82 Å². The first-order valence-corrected chi connectivity index (χ1v) is 7.72. The molecule has 1 fully saturated rings. The Labute approximate surface area is 125 Å². The van der Waals surface area contributed by atoms with Crippen molar-refractivity contribution < 1.29 is 4.39 Å². The number of hydrazine groups is 1. The van der Waals surface area contributed by atoms with Gasteiger partial charge in [-0.05, 0) is 54.4 Å². The van der Waals surface area contributed by atoms with Gasteiger partial charge in [-0.2, -0.15) is 0 Å². The molecule has 1 aromatic rings. The topological polar surface area (TPSA) is 38.0 Å². The third-order valence-electron chi connectivity index (χ3n) is 4.74. The number of nitrogens with two attached hydrogens (primary N) is 1. The molecule has 2 nitrogen and oxygen atoms in total. The van der Waals surface area contributed by atoms with Crippen LogP contribution in [0.25, 0.3) is 0 Å². The summed E-state index contributed by atoms with van der Waals surface area (Å²) in [6.07, 6.45) is 5.42. The van der Waals surface area contributed by atoms with E-state index in [4.69, 9.17) is 17.4 Å². The van der Waals surface area contributed by atoms with E-state index in [1.165, 1.54) is 25.3 Å². The quantitative estimate of drug-likeness (QED) is 0.649. The lowest BCUT2D eigenvalue weighted by molar-refractivity contribution is 0.0978. The van der Waals surface area contributed by atoms with Gasteiger partial charge in [0.15, 0.2) is 0 Å². The second kappa shape index (κ2) is 6.42. The largest absolute Gasteiger partial charge is 0.271 e. The maximum absolute atomic E-state index is 13.9. The number of nitrogens with one attached hydrogen (secondary N) is 1. The predicted octanol–water partition coefficient (Wildman–Crippen LogP) is 4.07. The van der Waals surface area contributed by atoms with Crippen LogP contribution in [-0.2, 0) is 6.42 Å². The second-order valence-electron chi connectivity index (χ2n) is 6.55. The van der Waals surface area contributed by atoms with Gasteiger partial charge < -0.3 is 0 Å². The summed E-state index contributed by atoms with van der Waals surface area (Å²) in [5.74, 6) is 6.01. The summed E-state index contributed by atoms with van der Waals surface area (Å²) < 4.78 is 13.9. The first-order valence-electron chi connectivity index (χ1n) is 7.34. The summed E-state index contributed by atoms with van der Waals surface area (Å²) >= 11 is 5.97. The lowest BCUT2D eigenvalue weighted by atomic mass is 9.65. The molecule has 2 rings (SSSR count). The number of rotatable bonds is 4. The van der Waals surface area contributed by atoms with Crippen LogP contribution < -0.4 is 11.3 Å². The molecule has 1 saturated carbocycles. The van der Waals surface area contributed by atoms with Crippen molar-refractivity contribution in [2.75, 3.05) is 0 Å². The van der Waals surface area contributed by atoms with Gasteiger partial charge in [-0.15, -0.1) is 0 Å². The molecule has 20 heavy (non-hydrogen) atoms. The van der Waals surface area contributed by atoms with E-state index in [9.17, 15) is 4.39 Å². The van der Waals surface area contributed by atoms with E-state index in [2.05, 4.69) is 19.3 Å². The molecule has 0 bridgehead atoms. The molecule has 0 aliphatic heterocycles. The third-order valence-corrected chi connectivity index (χ3v) is 4.97. The van der Waals surface area contributed by atoms with Crippen LogP contribution in [-0.4, -0.2) is 6.04 Å². The van der Waals surface area contributed by atoms with Gasteiger partial charge >= 0.3 is 0 Å². The molecule has 2 unspecified atom stereocenters. The maximum atomic E-state index is 13.9. The molecule has 0 spiro atoms. The smallest absolute Gasteiger partial charge is 0.126 e. The molecule has 2 atom stereocenters. The van der Waals surface area contributed by atoms with E-state index >= 15 is 0 Å². The standard InChI is InChI=1S/C16H24ClFN2/c1-16(2)8-4-3-5-13(16)15(20-19)10-11-9-12(17)6-7-14(11)18/h6-7,9,13,15,20H,3-5,8,10,19H2,1-2H3. The van der Waals surface area contributed by atoms with Crippen LogP contribution in [0.3, 0.4) is 0 Å². The van der Waals surface area contributed by atoms with Crippen LogP contribution >= 0.6 is 11.6 Å². The Hall–Kier alpha value is -0.640. The summed E-state index contributed by atoms with van der Waals surface area (Å²) in [5, 5.41) is 0.570. The lowest BCUT2D eigenvalue weighted by Crippen LogP contribution is -2.48. The molecule has 0 amide bonds. The first-order chi connectivity index (χ1) is 9.44. The summed E-state index contributed by atoms with van der Waals surface area (Å²) in [4.78, 5) is 0. The number of halogens is 2. The van der Waals surface area contributed by atoms with E-state index in [0.29, 0.717) is 22.9 Å². The van der Waals surface area contributed by atoms with Gasteiger partial charge in [-0.3, -0.25) is 11.3 Å². The molecule has 0 saturated heterocycles. The van der Waals surface area contributed by atoms with Crippen LogP contribution in [0.1, 0.15) is 45.1 Å². The van der Waals surface area contributed by atoms with Crippen LogP contribution in [0.2, 0.25) is 5.02 Å². The zero-order chi connectivity index (χ0) is 14.8. The molecular formula is C16H24ClFN2. The van der Waals surface area contributed by atoms with E-state index in [1.807, 2.05) is 0 Å². The molecule has 4 heteroatoms. The Morgan fingerprint density at radius 2 is 2.20 bits per heavy atom. The summed E-state index contributed by atoms with van der Waals surface area (Å²) in [5.41, 5.74) is 3.79. The Morgan fingerprint density at radius 1 is 1.45 bits per heavy atom. The van der Waals surface area contributed by atoms with Crippen molar-refractivity contribution in [3.8, 4) is 0 Å². The molecule has 1 aromatic carbocycles. The van der Waals surface area contributed by atoms with Gasteiger partial charge in [-0.1, -0.05) is 38.3 Å². The molecule has 0 aromatic heterocycles. The number of benzene rings is 1. The van der Waals surface area contributed by atoms with Crippen LogP contribution in [0, 0.1) is 17.2 Å². The normalized spacial score (nSPS) is 23.6. The minimum atomic E-state index is -0.205. The summed E-state index contributed by atoms with van der Waals surface area (Å²) in [6.45, 7) is 4.57. The molecule has 0 heterocycles. The fourth-order valence-electron chi connectivity index (χ4n) is 3.52. The predicted molar refractivity (Wildman–Crippen MR) is 82.0 cm³/mol. The van der Waals surface area contributed by atoms with Crippen molar-refractivity contribution in [2.45, 2.75) is 52.0 Å². The average Bonchev–Trinajstić information content (AvgIpc) is 2.40. The van der Waals surface area contributed by atoms with Crippen molar-refractivity contribution in [2.24, 2.45) is 17.2 Å². The lowest BCUT2D eigenvalue weighted by Gasteiger charge is -2.43. The zero-order valence-corrected chi connectivity index (χ0v) is 13.0. The SMILES string of the molecule is CC1(C)CCCCC1C(Cc1cc(Cl)ccc1F)NN. The van der Waals surface area contributed by atoms with Crippen LogP contribution in [0.5, 0.6) is 0 Å². The van der Waals surface area contributed by atoms with Gasteiger partial charge in [0.05, 0.1) is 0 Å². The molecular weight excluding hydrogens is 275 g/mol. The molecule has 1 aliphatic carbocycles. The van der Waals surface area contributed by atoms with Crippen molar-refractivity contribution >= 4 is 11.6 Å². The van der Waals surface area contributed by atoms with Crippen molar-refractivity contribution in [3.05, 3.63) is 34.6 Å². The van der Waals surface area contributed by atoms with Gasteiger partial charge in [0.25, 0.3) is 0 Å². The molecule has 112 valence electrons. The highest BCUT2D eigenvalue weighted by Gasteiger charge is 2.37. The monoisotopic (exact) mass is 298 g/mol. The first kappa shape index (κ1) is 15.7. The number of hydrogen-bond donors (Lipinski definition) is 2. The Morgan fingerprint density at radius 3 is 2.85 bits per heavy atom. The molecule has 0 radical (unpaired) electrons. The Balaban J connectivity index is 2.18. The summed E-state index contributed by atoms with van der Waals surface area (Å²) in [7, 11) is 0. The van der Waals surface area contributed by atoms with E-state index < -0.39 is 0 Å². The van der Waals surface area contributed by atoms with Crippen molar-refractivity contribution in [3.63, 3.8) is 0 Å². The number of hydrogen-bond acceptors (Lipinski definition) is 2. The maximum Gasteiger partial charge on any atom is 0.126 e. The minimum absolute atomic E-state index is 0.0817. The van der Waals surface area contributed by atoms with Crippen LogP contribution in [0.4, 0.5) is 4.39 Å². The van der Waals surface area contributed by atoms with Crippen molar-refractivity contribution in [1.82, 2.24) is 5.43 Å². The second-order valence-corrected chi connectivity index (χ2v) is 6.99. The molecule has 1 aliphatic rings. The van der Waals surface area contributed by atoms with Gasteiger partial charge in [0, 0.05) is 11.1 Å². The van der Waals surface area contributed by atoms with E-state index in [0.717, 1.165) is 6.42 Å². The van der Waals surface area contributed by atoms with E-state index in [-0.39, 0.29) is 17.3 Å². The Bertz CT molecular complexity index is 462. The molecule has 3 N–H and O–H groups in total. The third kappa shape index (κ3) is 3.51. The zero-order valence-electron chi connectivity index (χ0n) is 12.3. The highest BCUT2D eigenvalue weighted by molar-refractivity contribution is 6.30. The highest BCUT2D eigenvalue weighted by atomic mass is 35.5. The summed E-state index contributed by atoms with van der Waals surface area (Å²) in [6, 6.07) is 4.79. The minimum Gasteiger partial charge on any atom is -0.271 e. The van der Waals surface area contributed by atoms with Gasteiger partial charge in [0.2, 0.25) is 0 Å². The van der Waals surface area contributed by atoms with E-state index in [1.54, 1.807) is 12.1 Å². The fourth-order valence-corrected chi connectivity index (χ4v) is 3.72. The Kier molecular flexibility index (Phi) is 5.05. The van der Waals surface area contributed by atoms with Gasteiger partial charge in [-0.25, -0.2) is 4.39 Å². The fraction of sp³-hybridized carbons (Fsp3) is 0.625. The highest BCUT2D eigenvalue weighted by Crippen LogP contribution is 2.42.